The van der Waals surface area contributed by atoms with Gasteiger partial charge in [-0.3, -0.25) is 9.59 Å². The summed E-state index contributed by atoms with van der Waals surface area (Å²) in [5.74, 6) is -0.0840. The van der Waals surface area contributed by atoms with E-state index in [1.54, 1.807) is 29.2 Å². The maximum absolute atomic E-state index is 12.2. The Hall–Kier alpha value is -3.13. The molecule has 0 saturated carbocycles. The van der Waals surface area contributed by atoms with Gasteiger partial charge in [0, 0.05) is 30.8 Å². The second kappa shape index (κ2) is 6.97. The SMILES string of the molecule is N#Cc1cccc(C(=O)NCc2cccc(N3CCCC3=O)c2)c1. The lowest BCUT2D eigenvalue weighted by molar-refractivity contribution is -0.117. The standard InChI is InChI=1S/C19H17N3O2/c20-12-14-4-1-6-16(10-14)19(24)21-13-15-5-2-7-17(11-15)22-9-3-8-18(22)23/h1-2,4-7,10-11H,3,8-9,13H2,(H,21,24). The van der Waals surface area contributed by atoms with E-state index in [0.29, 0.717) is 24.1 Å². The minimum atomic E-state index is -0.227. The molecular weight excluding hydrogens is 302 g/mol. The van der Waals surface area contributed by atoms with Gasteiger partial charge in [0.2, 0.25) is 5.91 Å². The molecule has 0 aromatic heterocycles. The lowest BCUT2D eigenvalue weighted by Gasteiger charge is -2.16. The highest BCUT2D eigenvalue weighted by molar-refractivity contribution is 5.95. The van der Waals surface area contributed by atoms with Crippen LogP contribution in [0.1, 0.15) is 34.3 Å². The van der Waals surface area contributed by atoms with Gasteiger partial charge in [0.25, 0.3) is 5.91 Å². The molecule has 5 nitrogen and oxygen atoms in total. The van der Waals surface area contributed by atoms with Gasteiger partial charge in [-0.15, -0.1) is 0 Å². The highest BCUT2D eigenvalue weighted by Crippen LogP contribution is 2.22. The molecule has 1 aliphatic rings. The molecule has 1 saturated heterocycles. The molecule has 2 aromatic rings. The Labute approximate surface area is 140 Å². The van der Waals surface area contributed by atoms with E-state index in [9.17, 15) is 9.59 Å². The number of rotatable bonds is 4. The van der Waals surface area contributed by atoms with Crippen LogP contribution < -0.4 is 10.2 Å². The summed E-state index contributed by atoms with van der Waals surface area (Å²) in [6.45, 7) is 1.11. The molecule has 0 spiro atoms. The first-order chi connectivity index (χ1) is 11.7. The van der Waals surface area contributed by atoms with Crippen LogP contribution >= 0.6 is 0 Å². The van der Waals surface area contributed by atoms with Crippen LogP contribution in [0, 0.1) is 11.3 Å². The highest BCUT2D eigenvalue weighted by atomic mass is 16.2. The molecule has 0 bridgehead atoms. The van der Waals surface area contributed by atoms with Crippen LogP contribution in [0.25, 0.3) is 0 Å². The molecule has 1 aliphatic heterocycles. The summed E-state index contributed by atoms with van der Waals surface area (Å²) in [5.41, 5.74) is 2.71. The maximum Gasteiger partial charge on any atom is 0.251 e. The monoisotopic (exact) mass is 319 g/mol. The van der Waals surface area contributed by atoms with Gasteiger partial charge in [-0.2, -0.15) is 5.26 Å². The number of carbonyl (C=O) groups is 2. The zero-order valence-corrected chi connectivity index (χ0v) is 13.2. The van der Waals surface area contributed by atoms with Crippen molar-refractivity contribution in [3.63, 3.8) is 0 Å². The number of nitriles is 1. The van der Waals surface area contributed by atoms with Crippen molar-refractivity contribution < 1.29 is 9.59 Å². The third kappa shape index (κ3) is 3.44. The molecule has 1 fully saturated rings. The number of amides is 2. The van der Waals surface area contributed by atoms with Gasteiger partial charge in [-0.05, 0) is 42.3 Å². The minimum Gasteiger partial charge on any atom is -0.348 e. The van der Waals surface area contributed by atoms with Gasteiger partial charge >= 0.3 is 0 Å². The Morgan fingerprint density at radius 1 is 1.21 bits per heavy atom. The van der Waals surface area contributed by atoms with Crippen molar-refractivity contribution in [2.24, 2.45) is 0 Å². The van der Waals surface area contributed by atoms with Gasteiger partial charge < -0.3 is 10.2 Å². The highest BCUT2D eigenvalue weighted by Gasteiger charge is 2.21. The summed E-state index contributed by atoms with van der Waals surface area (Å²) in [7, 11) is 0. The lowest BCUT2D eigenvalue weighted by atomic mass is 10.1. The van der Waals surface area contributed by atoms with E-state index in [0.717, 1.165) is 24.2 Å². The second-order valence-electron chi connectivity index (χ2n) is 5.69. The van der Waals surface area contributed by atoms with Gasteiger partial charge in [-0.25, -0.2) is 0 Å². The second-order valence-corrected chi connectivity index (χ2v) is 5.69. The van der Waals surface area contributed by atoms with Crippen molar-refractivity contribution >= 4 is 17.5 Å². The zero-order valence-electron chi connectivity index (χ0n) is 13.2. The first kappa shape index (κ1) is 15.8. The Morgan fingerprint density at radius 3 is 2.79 bits per heavy atom. The van der Waals surface area contributed by atoms with Gasteiger partial charge in [0.1, 0.15) is 0 Å². The number of nitrogens with zero attached hydrogens (tertiary/aromatic N) is 2. The molecule has 2 aromatic carbocycles. The van der Waals surface area contributed by atoms with Crippen LogP contribution in [-0.2, 0) is 11.3 Å². The van der Waals surface area contributed by atoms with Gasteiger partial charge in [0.15, 0.2) is 0 Å². The molecule has 1 N–H and O–H groups in total. The van der Waals surface area contributed by atoms with Crippen molar-refractivity contribution in [2.45, 2.75) is 19.4 Å². The first-order valence-corrected chi connectivity index (χ1v) is 7.85. The third-order valence-corrected chi connectivity index (χ3v) is 4.00. The van der Waals surface area contributed by atoms with E-state index in [2.05, 4.69) is 5.32 Å². The van der Waals surface area contributed by atoms with Crippen molar-refractivity contribution in [1.82, 2.24) is 5.32 Å². The van der Waals surface area contributed by atoms with Crippen LogP contribution in [0.15, 0.2) is 48.5 Å². The average Bonchev–Trinajstić information content (AvgIpc) is 3.06. The van der Waals surface area contributed by atoms with Crippen LogP contribution in [0.3, 0.4) is 0 Å². The largest absolute Gasteiger partial charge is 0.348 e. The van der Waals surface area contributed by atoms with Crippen LogP contribution in [-0.4, -0.2) is 18.4 Å². The summed E-state index contributed by atoms with van der Waals surface area (Å²) < 4.78 is 0. The normalized spacial score (nSPS) is 13.6. The fourth-order valence-corrected chi connectivity index (χ4v) is 2.77. The quantitative estimate of drug-likeness (QED) is 0.941. The van der Waals surface area contributed by atoms with E-state index < -0.39 is 0 Å². The Kier molecular flexibility index (Phi) is 4.57. The number of benzene rings is 2. The summed E-state index contributed by atoms with van der Waals surface area (Å²) in [6, 6.07) is 16.2. The Balaban J connectivity index is 1.67. The van der Waals surface area contributed by atoms with Crippen molar-refractivity contribution in [2.75, 3.05) is 11.4 Å². The van der Waals surface area contributed by atoms with Crippen LogP contribution in [0.4, 0.5) is 5.69 Å². The maximum atomic E-state index is 12.2. The number of hydrogen-bond acceptors (Lipinski definition) is 3. The molecule has 5 heteroatoms. The summed E-state index contributed by atoms with van der Waals surface area (Å²) >= 11 is 0. The molecule has 0 aliphatic carbocycles. The average molecular weight is 319 g/mol. The zero-order chi connectivity index (χ0) is 16.9. The van der Waals surface area contributed by atoms with E-state index in [-0.39, 0.29) is 11.8 Å². The van der Waals surface area contributed by atoms with E-state index in [1.807, 2.05) is 30.3 Å². The fraction of sp³-hybridized carbons (Fsp3) is 0.211. The van der Waals surface area contributed by atoms with Crippen LogP contribution in [0.5, 0.6) is 0 Å². The van der Waals surface area contributed by atoms with Gasteiger partial charge in [-0.1, -0.05) is 18.2 Å². The summed E-state index contributed by atoms with van der Waals surface area (Å²) in [4.78, 5) is 25.8. The van der Waals surface area contributed by atoms with Crippen molar-refractivity contribution in [1.29, 1.82) is 5.26 Å². The summed E-state index contributed by atoms with van der Waals surface area (Å²) in [6.07, 6.45) is 1.48. The predicted octanol–water partition coefficient (Wildman–Crippen LogP) is 2.62. The van der Waals surface area contributed by atoms with Crippen molar-refractivity contribution in [3.8, 4) is 6.07 Å². The topological polar surface area (TPSA) is 73.2 Å². The molecule has 0 radical (unpaired) electrons. The third-order valence-electron chi connectivity index (χ3n) is 4.00. The van der Waals surface area contributed by atoms with Crippen molar-refractivity contribution in [3.05, 3.63) is 65.2 Å². The number of anilines is 1. The predicted molar refractivity (Wildman–Crippen MR) is 90.4 cm³/mol. The molecule has 3 rings (SSSR count). The van der Waals surface area contributed by atoms with E-state index in [4.69, 9.17) is 5.26 Å². The first-order valence-electron chi connectivity index (χ1n) is 7.85. The molecule has 0 unspecified atom stereocenters. The van der Waals surface area contributed by atoms with Gasteiger partial charge in [0.05, 0.1) is 11.6 Å². The molecule has 1 heterocycles. The van der Waals surface area contributed by atoms with Crippen LogP contribution in [0.2, 0.25) is 0 Å². The number of carbonyl (C=O) groups excluding carboxylic acids is 2. The molecule has 2 amide bonds. The summed E-state index contributed by atoms with van der Waals surface area (Å²) in [5, 5.41) is 11.7. The molecule has 24 heavy (non-hydrogen) atoms. The molecular formula is C19H17N3O2. The smallest absolute Gasteiger partial charge is 0.251 e. The minimum absolute atomic E-state index is 0.143. The van der Waals surface area contributed by atoms with E-state index >= 15 is 0 Å². The lowest BCUT2D eigenvalue weighted by Crippen LogP contribution is -2.25. The Morgan fingerprint density at radius 2 is 2.04 bits per heavy atom. The molecule has 0 atom stereocenters. The molecule has 120 valence electrons. The number of hydrogen-bond donors (Lipinski definition) is 1. The number of nitrogens with one attached hydrogen (secondary N) is 1. The fourth-order valence-electron chi connectivity index (χ4n) is 2.77. The Bertz CT molecular complexity index is 823. The van der Waals surface area contributed by atoms with E-state index in [1.165, 1.54) is 0 Å².